The molecule has 0 rings (SSSR count). The van der Waals surface area contributed by atoms with Crippen LogP contribution in [0.25, 0.3) is 0 Å². The van der Waals surface area contributed by atoms with Crippen molar-refractivity contribution in [1.29, 1.82) is 0 Å². The summed E-state index contributed by atoms with van der Waals surface area (Å²) in [6.45, 7) is 6.65. The van der Waals surface area contributed by atoms with Crippen LogP contribution in [-0.2, 0) is 23.2 Å². The monoisotopic (exact) mass is 587 g/mol. The second kappa shape index (κ2) is 33.7. The molecule has 0 aromatic carbocycles. The Hall–Kier alpha value is -0.478. The van der Waals surface area contributed by atoms with Crippen molar-refractivity contribution >= 4 is 36.9 Å². The molecule has 0 aliphatic rings. The van der Waals surface area contributed by atoms with Gasteiger partial charge in [-0.25, -0.2) is 0 Å². The van der Waals surface area contributed by atoms with E-state index in [-0.39, 0.29) is 36.4 Å². The Morgan fingerprint density at radius 1 is 0.641 bits per heavy atom. The van der Waals surface area contributed by atoms with Crippen LogP contribution in [0.1, 0.15) is 156 Å². The zero-order valence-corrected chi connectivity index (χ0v) is 27.3. The fourth-order valence-electron chi connectivity index (χ4n) is 3.67. The molecule has 39 heavy (non-hydrogen) atoms. The smallest absolute Gasteiger partial charge is 0.756 e. The number of carbonyl (C=O) groups excluding carboxylic acids is 2. The van der Waals surface area contributed by atoms with Crippen LogP contribution in [0.5, 0.6) is 0 Å². The summed E-state index contributed by atoms with van der Waals surface area (Å²) in [4.78, 5) is 32.4. The van der Waals surface area contributed by atoms with Crippen molar-refractivity contribution in [2.75, 3.05) is 13.2 Å². The summed E-state index contributed by atoms with van der Waals surface area (Å²) in [5, 5.41) is 10.3. The minimum Gasteiger partial charge on any atom is -0.756 e. The number of phosphoric acid groups is 1. The molecular formula is C30H57AlO7P. The maximum atomic E-state index is 11.2. The van der Waals surface area contributed by atoms with Gasteiger partial charge in [-0.05, 0) is 44.9 Å². The number of hydrogen-bond acceptors (Lipinski definition) is 7. The van der Waals surface area contributed by atoms with Crippen molar-refractivity contribution in [3.8, 4) is 0 Å². The molecule has 227 valence electrons. The predicted octanol–water partition coefficient (Wildman–Crippen LogP) is 7.22. The van der Waals surface area contributed by atoms with Gasteiger partial charge < -0.3 is 23.8 Å². The van der Waals surface area contributed by atoms with Gasteiger partial charge in [0.1, 0.15) is 5.78 Å². The topological polar surface area (TPSA) is 116 Å². The quantitative estimate of drug-likeness (QED) is 0.0327. The third-order valence-electron chi connectivity index (χ3n) is 6.05. The first-order valence-corrected chi connectivity index (χ1v) is 16.7. The zero-order valence-electron chi connectivity index (χ0n) is 25.3. The molecule has 0 aromatic heterocycles. The number of unbranched alkanes of at least 4 members (excludes halogenated alkanes) is 15. The number of aliphatic carboxylic acids is 1. The van der Waals surface area contributed by atoms with Crippen molar-refractivity contribution < 1.29 is 33.2 Å². The maximum absolute atomic E-state index is 11.2. The third kappa shape index (κ3) is 39.7. The van der Waals surface area contributed by atoms with Gasteiger partial charge in [0.05, 0.1) is 13.2 Å². The average Bonchev–Trinajstić information content (AvgIpc) is 2.86. The Morgan fingerprint density at radius 3 is 1.44 bits per heavy atom. The summed E-state index contributed by atoms with van der Waals surface area (Å²) < 4.78 is 20.2. The van der Waals surface area contributed by atoms with E-state index in [0.717, 1.165) is 44.9 Å². The summed E-state index contributed by atoms with van der Waals surface area (Å²) in [6, 6.07) is 0. The Morgan fingerprint density at radius 2 is 1.03 bits per heavy atom. The van der Waals surface area contributed by atoms with Crippen LogP contribution >= 0.6 is 7.82 Å². The summed E-state index contributed by atoms with van der Waals surface area (Å²) >= 11 is 0. The van der Waals surface area contributed by atoms with Gasteiger partial charge in [-0.3, -0.25) is 9.36 Å². The van der Waals surface area contributed by atoms with Crippen LogP contribution in [0, 0.1) is 0 Å². The molecule has 0 amide bonds. The molecule has 0 atom stereocenters. The molecule has 0 bridgehead atoms. The van der Waals surface area contributed by atoms with E-state index >= 15 is 0 Å². The predicted molar refractivity (Wildman–Crippen MR) is 158 cm³/mol. The summed E-state index contributed by atoms with van der Waals surface area (Å²) in [7, 11) is -4.00. The largest absolute Gasteiger partial charge is 2.00 e. The van der Waals surface area contributed by atoms with Gasteiger partial charge >= 0.3 is 17.4 Å². The third-order valence-corrected chi connectivity index (χ3v) is 7.05. The van der Waals surface area contributed by atoms with Crippen LogP contribution in [0.15, 0.2) is 12.2 Å². The number of carbonyl (C=O) groups is 2. The summed E-state index contributed by atoms with van der Waals surface area (Å²) in [6.07, 6.45) is 26.6. The fraction of sp³-hybridized carbons (Fsp3) is 0.867. The summed E-state index contributed by atoms with van der Waals surface area (Å²) in [5.74, 6) is -1.46. The van der Waals surface area contributed by atoms with E-state index in [9.17, 15) is 24.2 Å². The average molecular weight is 588 g/mol. The van der Waals surface area contributed by atoms with Crippen molar-refractivity contribution in [1.82, 2.24) is 0 Å². The Bertz CT molecular complexity index is 600. The molecule has 0 spiro atoms. The second-order valence-corrected chi connectivity index (χ2v) is 11.4. The molecule has 7 nitrogen and oxygen atoms in total. The van der Waals surface area contributed by atoms with Gasteiger partial charge in [0.15, 0.2) is 0 Å². The first kappa shape index (κ1) is 43.0. The molecule has 0 saturated carbocycles. The van der Waals surface area contributed by atoms with Crippen molar-refractivity contribution in [2.24, 2.45) is 0 Å². The number of carboxylic acid groups (broad SMARTS) is 1. The Balaban J connectivity index is -0.000000783. The number of Topliss-reactive ketones (excluding diaryl/α,β-unsaturated/α-hetero) is 1. The van der Waals surface area contributed by atoms with E-state index in [1.807, 2.05) is 13.8 Å². The molecule has 0 fully saturated rings. The minimum absolute atomic E-state index is 0. The molecule has 0 unspecified atom stereocenters. The molecule has 0 aromatic rings. The van der Waals surface area contributed by atoms with Gasteiger partial charge in [-0.2, -0.15) is 0 Å². The Kier molecular flexibility index (Phi) is 37.2. The van der Waals surface area contributed by atoms with Crippen LogP contribution in [0.2, 0.25) is 0 Å². The molecule has 0 aliphatic heterocycles. The number of allylic oxidation sites excluding steroid dienone is 2. The molecule has 0 aliphatic carbocycles. The van der Waals surface area contributed by atoms with E-state index < -0.39 is 20.2 Å². The van der Waals surface area contributed by atoms with Crippen molar-refractivity contribution in [2.45, 2.75) is 156 Å². The van der Waals surface area contributed by atoms with E-state index in [4.69, 9.17) is 0 Å². The van der Waals surface area contributed by atoms with E-state index in [2.05, 4.69) is 28.1 Å². The van der Waals surface area contributed by atoms with Crippen molar-refractivity contribution in [3.05, 3.63) is 12.2 Å². The van der Waals surface area contributed by atoms with Gasteiger partial charge in [0, 0.05) is 18.8 Å². The van der Waals surface area contributed by atoms with Crippen LogP contribution in [0.4, 0.5) is 0 Å². The maximum Gasteiger partial charge on any atom is 2.00 e. The number of hydrogen-bond donors (Lipinski definition) is 0. The van der Waals surface area contributed by atoms with Crippen LogP contribution < -0.4 is 10.00 Å². The molecule has 0 saturated heterocycles. The zero-order chi connectivity index (χ0) is 28.7. The number of rotatable bonds is 27. The number of carboxylic acids is 1. The van der Waals surface area contributed by atoms with E-state index in [1.54, 1.807) is 0 Å². The minimum atomic E-state index is -4.00. The second-order valence-electron chi connectivity index (χ2n) is 9.95. The summed E-state index contributed by atoms with van der Waals surface area (Å²) in [5.41, 5.74) is 0. The molecule has 0 N–H and O–H groups in total. The molecule has 9 heteroatoms. The van der Waals surface area contributed by atoms with Crippen LogP contribution in [-0.4, -0.2) is 42.3 Å². The first-order chi connectivity index (χ1) is 18.3. The number of ketones is 1. The van der Waals surface area contributed by atoms with E-state index in [1.165, 1.54) is 77.0 Å². The SMILES string of the molecule is CCCCCCCCC=CCCCCCCCCCC(=O)CC(=O)[O-].CCCCOP(=O)([O-])OCCCC.[Al+2]. The molecule has 1 radical (unpaired) electrons. The van der Waals surface area contributed by atoms with Gasteiger partial charge in [0.25, 0.3) is 7.82 Å². The number of phosphoric ester groups is 1. The molecule has 0 heterocycles. The van der Waals surface area contributed by atoms with Gasteiger partial charge in [0.2, 0.25) is 0 Å². The van der Waals surface area contributed by atoms with Crippen LogP contribution in [0.3, 0.4) is 0 Å². The van der Waals surface area contributed by atoms with E-state index in [0.29, 0.717) is 6.42 Å². The fourth-order valence-corrected chi connectivity index (χ4v) is 4.45. The van der Waals surface area contributed by atoms with Crippen molar-refractivity contribution in [3.63, 3.8) is 0 Å². The van der Waals surface area contributed by atoms with Gasteiger partial charge in [-0.1, -0.05) is 110 Å². The van der Waals surface area contributed by atoms with Gasteiger partial charge in [-0.15, -0.1) is 0 Å². The first-order valence-electron chi connectivity index (χ1n) is 15.3. The standard InChI is InChI=1S/C22H40O3.C8H19O4P.Al/c1-2-3-4-5-6-7-8-9-10-11-12-13-14-15-16-17-18-19-21(23)20-22(24)25;1-3-5-7-11-13(9,10)12-8-6-4-2;/h9-10H,2-8,11-20H2,1H3,(H,24,25);3-8H2,1-2H3,(H,9,10);/q;;+2/p-2. The molecular weight excluding hydrogens is 530 g/mol. The normalized spacial score (nSPS) is 11.2. The Labute approximate surface area is 250 Å².